The Hall–Kier alpha value is -1.49. The standard InChI is InChI=1S/C8H6N2O2S.C2H6/c1-5-7-4-6(10(11)12)2-3-8(7)9-13-5;1-2/h2-4H,1H3;1-2H3. The van der Waals surface area contributed by atoms with Gasteiger partial charge in [-0.2, -0.15) is 4.37 Å². The molecule has 0 spiro atoms. The summed E-state index contributed by atoms with van der Waals surface area (Å²) in [4.78, 5) is 11.1. The van der Waals surface area contributed by atoms with Gasteiger partial charge in [0.05, 0.1) is 10.4 Å². The van der Waals surface area contributed by atoms with E-state index in [1.54, 1.807) is 12.1 Å². The summed E-state index contributed by atoms with van der Waals surface area (Å²) in [6, 6.07) is 4.71. The number of non-ortho nitro benzene ring substituents is 1. The zero-order chi connectivity index (χ0) is 11.4. The molecule has 0 saturated heterocycles. The van der Waals surface area contributed by atoms with Crippen LogP contribution in [-0.2, 0) is 0 Å². The fourth-order valence-electron chi connectivity index (χ4n) is 1.17. The summed E-state index contributed by atoms with van der Waals surface area (Å²) in [5, 5.41) is 11.3. The zero-order valence-corrected chi connectivity index (χ0v) is 9.67. The molecular formula is C10H12N2O2S. The molecule has 0 N–H and O–H groups in total. The highest BCUT2D eigenvalue weighted by molar-refractivity contribution is 7.07. The first kappa shape index (κ1) is 11.6. The number of nitro benzene ring substituents is 1. The van der Waals surface area contributed by atoms with Gasteiger partial charge in [0, 0.05) is 22.4 Å². The highest BCUT2D eigenvalue weighted by Crippen LogP contribution is 2.25. The molecular weight excluding hydrogens is 212 g/mol. The maximum Gasteiger partial charge on any atom is 0.270 e. The summed E-state index contributed by atoms with van der Waals surface area (Å²) in [5.74, 6) is 0. The van der Waals surface area contributed by atoms with Gasteiger partial charge in [-0.3, -0.25) is 10.1 Å². The first-order valence-corrected chi connectivity index (χ1v) is 5.46. The second kappa shape index (κ2) is 4.84. The molecule has 1 aromatic heterocycles. The lowest BCUT2D eigenvalue weighted by Gasteiger charge is -1.91. The fraction of sp³-hybridized carbons (Fsp3) is 0.300. The number of aryl methyl sites for hydroxylation is 1. The predicted molar refractivity (Wildman–Crippen MR) is 62.4 cm³/mol. The van der Waals surface area contributed by atoms with Gasteiger partial charge in [-0.1, -0.05) is 13.8 Å². The number of rotatable bonds is 1. The second-order valence-corrected chi connectivity index (χ2v) is 3.67. The summed E-state index contributed by atoms with van der Waals surface area (Å²) < 4.78 is 4.14. The molecule has 1 aromatic carbocycles. The van der Waals surface area contributed by atoms with Crippen LogP contribution in [0.15, 0.2) is 18.2 Å². The van der Waals surface area contributed by atoms with E-state index in [0.29, 0.717) is 0 Å². The number of nitrogens with zero attached hydrogens (tertiary/aromatic N) is 2. The normalized spacial score (nSPS) is 9.53. The SMILES string of the molecule is CC.Cc1snc2ccc([N+](=O)[O-])cc12. The Balaban J connectivity index is 0.000000531. The molecule has 0 unspecified atom stereocenters. The number of nitro groups is 1. The van der Waals surface area contributed by atoms with Crippen molar-refractivity contribution in [2.45, 2.75) is 20.8 Å². The van der Waals surface area contributed by atoms with Crippen LogP contribution in [0.3, 0.4) is 0 Å². The van der Waals surface area contributed by atoms with Crippen molar-refractivity contribution in [3.63, 3.8) is 0 Å². The van der Waals surface area contributed by atoms with Crippen molar-refractivity contribution in [1.29, 1.82) is 0 Å². The van der Waals surface area contributed by atoms with Crippen molar-refractivity contribution < 1.29 is 4.92 Å². The van der Waals surface area contributed by atoms with Crippen LogP contribution in [-0.4, -0.2) is 9.30 Å². The molecule has 0 aliphatic rings. The van der Waals surface area contributed by atoms with Crippen LogP contribution in [0.4, 0.5) is 5.69 Å². The highest BCUT2D eigenvalue weighted by atomic mass is 32.1. The highest BCUT2D eigenvalue weighted by Gasteiger charge is 2.08. The number of fused-ring (bicyclic) bond motifs is 1. The second-order valence-electron chi connectivity index (χ2n) is 2.70. The molecule has 0 amide bonds. The molecule has 2 rings (SSSR count). The third kappa shape index (κ3) is 2.30. The molecule has 5 heteroatoms. The minimum Gasteiger partial charge on any atom is -0.258 e. The molecule has 0 radical (unpaired) electrons. The van der Waals surface area contributed by atoms with Crippen molar-refractivity contribution in [3.8, 4) is 0 Å². The van der Waals surface area contributed by atoms with Gasteiger partial charge in [-0.25, -0.2) is 0 Å². The van der Waals surface area contributed by atoms with E-state index < -0.39 is 4.92 Å². The predicted octanol–water partition coefficient (Wildman–Crippen LogP) is 3.54. The van der Waals surface area contributed by atoms with Crippen molar-refractivity contribution in [2.24, 2.45) is 0 Å². The van der Waals surface area contributed by atoms with Gasteiger partial charge in [-0.15, -0.1) is 0 Å². The van der Waals surface area contributed by atoms with E-state index in [2.05, 4.69) is 4.37 Å². The third-order valence-electron chi connectivity index (χ3n) is 1.85. The van der Waals surface area contributed by atoms with Gasteiger partial charge in [-0.05, 0) is 24.5 Å². The maximum atomic E-state index is 10.5. The number of benzene rings is 1. The van der Waals surface area contributed by atoms with Crippen LogP contribution in [0.25, 0.3) is 10.9 Å². The molecule has 0 aliphatic heterocycles. The van der Waals surface area contributed by atoms with Gasteiger partial charge < -0.3 is 0 Å². The van der Waals surface area contributed by atoms with Gasteiger partial charge in [0.25, 0.3) is 5.69 Å². The molecule has 4 nitrogen and oxygen atoms in total. The van der Waals surface area contributed by atoms with Crippen molar-refractivity contribution in [2.75, 3.05) is 0 Å². The minimum absolute atomic E-state index is 0.121. The zero-order valence-electron chi connectivity index (χ0n) is 8.85. The lowest BCUT2D eigenvalue weighted by Crippen LogP contribution is -1.86. The molecule has 15 heavy (non-hydrogen) atoms. The van der Waals surface area contributed by atoms with Gasteiger partial charge in [0.2, 0.25) is 0 Å². The fourth-order valence-corrected chi connectivity index (χ4v) is 1.82. The number of hydrogen-bond acceptors (Lipinski definition) is 4. The van der Waals surface area contributed by atoms with Crippen LogP contribution in [0, 0.1) is 17.0 Å². The van der Waals surface area contributed by atoms with Gasteiger partial charge in [0.1, 0.15) is 0 Å². The van der Waals surface area contributed by atoms with Crippen LogP contribution >= 0.6 is 11.5 Å². The van der Waals surface area contributed by atoms with E-state index in [0.717, 1.165) is 15.8 Å². The first-order chi connectivity index (χ1) is 7.18. The molecule has 0 fully saturated rings. The van der Waals surface area contributed by atoms with Crippen LogP contribution < -0.4 is 0 Å². The van der Waals surface area contributed by atoms with Crippen LogP contribution in [0.2, 0.25) is 0 Å². The monoisotopic (exact) mass is 224 g/mol. The Kier molecular flexibility index (Phi) is 3.74. The topological polar surface area (TPSA) is 56.0 Å². The summed E-state index contributed by atoms with van der Waals surface area (Å²) >= 11 is 1.37. The van der Waals surface area contributed by atoms with Crippen molar-refractivity contribution in [1.82, 2.24) is 4.37 Å². The van der Waals surface area contributed by atoms with E-state index in [4.69, 9.17) is 0 Å². The maximum absolute atomic E-state index is 10.5. The molecule has 0 atom stereocenters. The van der Waals surface area contributed by atoms with E-state index in [9.17, 15) is 10.1 Å². The average molecular weight is 224 g/mol. The Morgan fingerprint density at radius 3 is 2.67 bits per heavy atom. The van der Waals surface area contributed by atoms with Crippen molar-refractivity contribution in [3.05, 3.63) is 33.2 Å². The Morgan fingerprint density at radius 2 is 2.07 bits per heavy atom. The molecule has 0 aliphatic carbocycles. The summed E-state index contributed by atoms with van der Waals surface area (Å²) in [7, 11) is 0. The molecule has 0 bridgehead atoms. The first-order valence-electron chi connectivity index (χ1n) is 4.69. The lowest BCUT2D eigenvalue weighted by atomic mass is 10.2. The van der Waals surface area contributed by atoms with Crippen LogP contribution in [0.5, 0.6) is 0 Å². The van der Waals surface area contributed by atoms with Crippen LogP contribution in [0.1, 0.15) is 18.7 Å². The van der Waals surface area contributed by atoms with E-state index in [1.165, 1.54) is 17.6 Å². The quantitative estimate of drug-likeness (QED) is 0.550. The average Bonchev–Trinajstić information content (AvgIpc) is 2.63. The number of hydrogen-bond donors (Lipinski definition) is 0. The third-order valence-corrected chi connectivity index (χ3v) is 2.63. The Morgan fingerprint density at radius 1 is 1.40 bits per heavy atom. The van der Waals surface area contributed by atoms with Crippen molar-refractivity contribution >= 4 is 28.1 Å². The molecule has 80 valence electrons. The number of aromatic nitrogens is 1. The van der Waals surface area contributed by atoms with E-state index in [-0.39, 0.29) is 5.69 Å². The Labute approximate surface area is 91.9 Å². The van der Waals surface area contributed by atoms with E-state index in [1.807, 2.05) is 20.8 Å². The summed E-state index contributed by atoms with van der Waals surface area (Å²) in [5.41, 5.74) is 0.948. The molecule has 2 aromatic rings. The van der Waals surface area contributed by atoms with Gasteiger partial charge >= 0.3 is 0 Å². The molecule has 0 saturated carbocycles. The van der Waals surface area contributed by atoms with Gasteiger partial charge in [0.15, 0.2) is 0 Å². The minimum atomic E-state index is -0.392. The largest absolute Gasteiger partial charge is 0.270 e. The summed E-state index contributed by atoms with van der Waals surface area (Å²) in [6.07, 6.45) is 0. The Bertz CT molecular complexity index is 479. The lowest BCUT2D eigenvalue weighted by molar-refractivity contribution is -0.384. The summed E-state index contributed by atoms with van der Waals surface area (Å²) in [6.45, 7) is 5.91. The van der Waals surface area contributed by atoms with E-state index >= 15 is 0 Å². The smallest absolute Gasteiger partial charge is 0.258 e. The molecule has 1 heterocycles.